The van der Waals surface area contributed by atoms with Gasteiger partial charge in [0.1, 0.15) is 5.76 Å². The highest BCUT2D eigenvalue weighted by atomic mass is 32.2. The van der Waals surface area contributed by atoms with Crippen molar-refractivity contribution in [3.05, 3.63) is 78.1 Å². The van der Waals surface area contributed by atoms with Crippen molar-refractivity contribution in [3.8, 4) is 0 Å². The third-order valence-electron chi connectivity index (χ3n) is 3.00. The Morgan fingerprint density at radius 2 is 1.73 bits per heavy atom. The van der Waals surface area contributed by atoms with E-state index in [1.807, 2.05) is 42.5 Å². The van der Waals surface area contributed by atoms with Crippen LogP contribution in [0.3, 0.4) is 0 Å². The van der Waals surface area contributed by atoms with Gasteiger partial charge in [-0.15, -0.1) is 0 Å². The lowest BCUT2D eigenvalue weighted by atomic mass is 10.2. The van der Waals surface area contributed by atoms with E-state index in [4.69, 9.17) is 4.42 Å². The Morgan fingerprint density at radius 3 is 2.50 bits per heavy atom. The fourth-order valence-electron chi connectivity index (χ4n) is 1.86. The third kappa shape index (κ3) is 4.02. The normalized spacial score (nSPS) is 11.0. The lowest BCUT2D eigenvalue weighted by Crippen LogP contribution is -1.88. The topological polar surface area (TPSA) is 37.5 Å². The average Bonchev–Trinajstić information content (AvgIpc) is 2.98. The molecule has 0 unspecified atom stereocenters. The van der Waals surface area contributed by atoms with Crippen molar-refractivity contribution < 1.29 is 4.42 Å². The minimum Gasteiger partial charge on any atom is -0.448 e. The zero-order chi connectivity index (χ0) is 15.2. The Hall–Kier alpha value is -2.46. The van der Waals surface area contributed by atoms with Crippen LogP contribution in [-0.4, -0.2) is 6.21 Å². The molecule has 3 nitrogen and oxygen atoms in total. The Bertz CT molecular complexity index is 748. The Morgan fingerprint density at radius 1 is 0.955 bits per heavy atom. The van der Waals surface area contributed by atoms with Crippen LogP contribution in [0.2, 0.25) is 0 Å². The summed E-state index contributed by atoms with van der Waals surface area (Å²) < 4.78 is 5.73. The summed E-state index contributed by atoms with van der Waals surface area (Å²) >= 11 is 1.60. The summed E-state index contributed by atoms with van der Waals surface area (Å²) in [6, 6.07) is 22.0. The summed E-state index contributed by atoms with van der Waals surface area (Å²) in [5, 5.41) is 5.02. The van der Waals surface area contributed by atoms with Gasteiger partial charge in [-0.05, 0) is 43.3 Å². The summed E-state index contributed by atoms with van der Waals surface area (Å²) in [7, 11) is 0. The number of hydrogen-bond acceptors (Lipinski definition) is 4. The van der Waals surface area contributed by atoms with Crippen LogP contribution in [0.15, 0.2) is 86.2 Å². The maximum Gasteiger partial charge on any atom is 0.165 e. The standard InChI is InChI=1S/C18H16N2OS/c1-14-7-10-17(11-8-14)22-18-12-9-16(21-18)13-19-20-15-5-3-2-4-6-15/h2-13,20H,1H3. The van der Waals surface area contributed by atoms with Crippen LogP contribution in [-0.2, 0) is 0 Å². The molecule has 1 heterocycles. The molecule has 0 fully saturated rings. The molecule has 0 atom stereocenters. The second-order valence-electron chi connectivity index (χ2n) is 4.81. The highest BCUT2D eigenvalue weighted by Crippen LogP contribution is 2.28. The fourth-order valence-corrected chi connectivity index (χ4v) is 2.64. The molecule has 3 aromatic rings. The molecule has 0 spiro atoms. The number of nitrogens with zero attached hydrogens (tertiary/aromatic N) is 1. The van der Waals surface area contributed by atoms with E-state index in [0.29, 0.717) is 0 Å². The monoisotopic (exact) mass is 308 g/mol. The molecule has 0 amide bonds. The number of para-hydroxylation sites is 1. The maximum absolute atomic E-state index is 5.73. The molecule has 22 heavy (non-hydrogen) atoms. The summed E-state index contributed by atoms with van der Waals surface area (Å²) in [5.41, 5.74) is 5.16. The summed E-state index contributed by atoms with van der Waals surface area (Å²) in [6.45, 7) is 2.08. The summed E-state index contributed by atoms with van der Waals surface area (Å²) in [4.78, 5) is 1.16. The van der Waals surface area contributed by atoms with E-state index in [-0.39, 0.29) is 0 Å². The highest BCUT2D eigenvalue weighted by molar-refractivity contribution is 7.99. The van der Waals surface area contributed by atoms with Gasteiger partial charge in [-0.3, -0.25) is 5.43 Å². The summed E-state index contributed by atoms with van der Waals surface area (Å²) in [6.07, 6.45) is 1.67. The molecular formula is C18H16N2OS. The van der Waals surface area contributed by atoms with E-state index >= 15 is 0 Å². The van der Waals surface area contributed by atoms with Gasteiger partial charge in [-0.25, -0.2) is 0 Å². The van der Waals surface area contributed by atoms with E-state index in [1.54, 1.807) is 18.0 Å². The van der Waals surface area contributed by atoms with Gasteiger partial charge >= 0.3 is 0 Å². The smallest absolute Gasteiger partial charge is 0.165 e. The molecule has 1 aromatic heterocycles. The van der Waals surface area contributed by atoms with Gasteiger partial charge in [0.05, 0.1) is 11.9 Å². The van der Waals surface area contributed by atoms with Gasteiger partial charge in [0.2, 0.25) is 0 Å². The van der Waals surface area contributed by atoms with Gasteiger partial charge in [-0.1, -0.05) is 47.7 Å². The largest absolute Gasteiger partial charge is 0.448 e. The van der Waals surface area contributed by atoms with Gasteiger partial charge < -0.3 is 4.42 Å². The fraction of sp³-hybridized carbons (Fsp3) is 0.0556. The van der Waals surface area contributed by atoms with Crippen LogP contribution in [0.25, 0.3) is 0 Å². The molecule has 110 valence electrons. The van der Waals surface area contributed by atoms with E-state index in [2.05, 4.69) is 41.7 Å². The number of benzene rings is 2. The summed E-state index contributed by atoms with van der Waals surface area (Å²) in [5.74, 6) is 0.720. The Kier molecular flexibility index (Phi) is 4.61. The second-order valence-corrected chi connectivity index (χ2v) is 5.89. The first-order valence-corrected chi connectivity index (χ1v) is 7.80. The van der Waals surface area contributed by atoms with Crippen LogP contribution in [0.5, 0.6) is 0 Å². The number of hydrazone groups is 1. The minimum absolute atomic E-state index is 0.720. The highest BCUT2D eigenvalue weighted by Gasteiger charge is 2.02. The maximum atomic E-state index is 5.73. The molecule has 0 aliphatic carbocycles. The second kappa shape index (κ2) is 7.00. The molecule has 0 saturated heterocycles. The van der Waals surface area contributed by atoms with Crippen LogP contribution in [0.4, 0.5) is 5.69 Å². The molecule has 0 aliphatic rings. The molecule has 0 saturated carbocycles. The first-order valence-electron chi connectivity index (χ1n) is 6.98. The van der Waals surface area contributed by atoms with Crippen LogP contribution in [0.1, 0.15) is 11.3 Å². The molecule has 1 N–H and O–H groups in total. The zero-order valence-corrected chi connectivity index (χ0v) is 13.0. The van der Waals surface area contributed by atoms with Crippen molar-refractivity contribution in [3.63, 3.8) is 0 Å². The number of rotatable bonds is 5. The van der Waals surface area contributed by atoms with Crippen molar-refractivity contribution in [1.82, 2.24) is 0 Å². The molecular weight excluding hydrogens is 292 g/mol. The molecule has 3 rings (SSSR count). The predicted octanol–water partition coefficient (Wildman–Crippen LogP) is 5.19. The molecule has 0 aliphatic heterocycles. The first kappa shape index (κ1) is 14.5. The third-order valence-corrected chi connectivity index (χ3v) is 3.93. The zero-order valence-electron chi connectivity index (χ0n) is 12.2. The van der Waals surface area contributed by atoms with Crippen molar-refractivity contribution in [1.29, 1.82) is 0 Å². The lowest BCUT2D eigenvalue weighted by molar-refractivity contribution is 0.469. The SMILES string of the molecule is Cc1ccc(Sc2ccc(C=NNc3ccccc3)o2)cc1. The van der Waals surface area contributed by atoms with E-state index in [9.17, 15) is 0 Å². The van der Waals surface area contributed by atoms with Crippen LogP contribution < -0.4 is 5.43 Å². The van der Waals surface area contributed by atoms with Gasteiger partial charge in [0, 0.05) is 4.90 Å². The molecule has 2 aromatic carbocycles. The van der Waals surface area contributed by atoms with Crippen molar-refractivity contribution in [2.24, 2.45) is 5.10 Å². The molecule has 0 radical (unpaired) electrons. The lowest BCUT2D eigenvalue weighted by Gasteiger charge is -1.98. The molecule has 4 heteroatoms. The van der Waals surface area contributed by atoms with Gasteiger partial charge in [-0.2, -0.15) is 5.10 Å². The van der Waals surface area contributed by atoms with Crippen molar-refractivity contribution in [2.75, 3.05) is 5.43 Å². The minimum atomic E-state index is 0.720. The molecule has 0 bridgehead atoms. The first-order chi connectivity index (χ1) is 10.8. The van der Waals surface area contributed by atoms with Crippen molar-refractivity contribution in [2.45, 2.75) is 16.9 Å². The number of anilines is 1. The number of aryl methyl sites for hydroxylation is 1. The van der Waals surface area contributed by atoms with Crippen molar-refractivity contribution >= 4 is 23.7 Å². The van der Waals surface area contributed by atoms with Gasteiger partial charge in [0.25, 0.3) is 0 Å². The predicted molar refractivity (Wildman–Crippen MR) is 91.7 cm³/mol. The quantitative estimate of drug-likeness (QED) is 0.521. The van der Waals surface area contributed by atoms with Crippen LogP contribution in [0, 0.1) is 6.92 Å². The Balaban J connectivity index is 1.60. The number of hydrogen-bond donors (Lipinski definition) is 1. The van der Waals surface area contributed by atoms with Gasteiger partial charge in [0.15, 0.2) is 5.09 Å². The van der Waals surface area contributed by atoms with Crippen LogP contribution >= 0.6 is 11.8 Å². The van der Waals surface area contributed by atoms with E-state index < -0.39 is 0 Å². The Labute approximate surface area is 134 Å². The number of nitrogens with one attached hydrogen (secondary N) is 1. The number of furan rings is 1. The average molecular weight is 308 g/mol. The van der Waals surface area contributed by atoms with E-state index in [0.717, 1.165) is 21.4 Å². The van der Waals surface area contributed by atoms with E-state index in [1.165, 1.54) is 5.56 Å².